The van der Waals surface area contributed by atoms with Crippen LogP contribution in [0.2, 0.25) is 0 Å². The summed E-state index contributed by atoms with van der Waals surface area (Å²) >= 11 is 0. The van der Waals surface area contributed by atoms with Crippen molar-refractivity contribution in [2.45, 2.75) is 194 Å². The van der Waals surface area contributed by atoms with E-state index >= 15 is 0 Å². The average molecular weight is 791 g/mol. The normalized spacial score (nSPS) is 16.1. The SMILES string of the molecule is C=C/C(F)=C(\C=C/C)N/C(C)=C(C)/C(=C\C(=C)c1ccc(C(C)(C)C(=O)C(C)C)c(C)c1)N=CCC.CC.CC(C)C.CCC1CC(C)C1.CCCCCCCC. The van der Waals surface area contributed by atoms with Gasteiger partial charge in [-0.1, -0.05) is 165 Å². The first-order chi connectivity index (χ1) is 26.8. The van der Waals surface area contributed by atoms with E-state index < -0.39 is 11.2 Å². The van der Waals surface area contributed by atoms with Gasteiger partial charge in [0.1, 0.15) is 11.6 Å². The first-order valence-corrected chi connectivity index (χ1v) is 22.5. The van der Waals surface area contributed by atoms with Crippen molar-refractivity contribution in [1.29, 1.82) is 0 Å². The van der Waals surface area contributed by atoms with Gasteiger partial charge in [0.2, 0.25) is 0 Å². The number of unbranched alkanes of at least 4 members (excludes halogenated alkanes) is 5. The molecule has 0 saturated heterocycles. The Morgan fingerprint density at radius 1 is 0.982 bits per heavy atom. The highest BCUT2D eigenvalue weighted by molar-refractivity contribution is 5.91. The quantitative estimate of drug-likeness (QED) is 0.0914. The predicted molar refractivity (Wildman–Crippen MR) is 258 cm³/mol. The van der Waals surface area contributed by atoms with Gasteiger partial charge in [-0.15, -0.1) is 0 Å². The lowest BCUT2D eigenvalue weighted by Crippen LogP contribution is -2.33. The number of carbonyl (C=O) groups excluding carboxylic acids is 1. The Morgan fingerprint density at radius 2 is 1.51 bits per heavy atom. The molecule has 3 nitrogen and oxygen atoms in total. The van der Waals surface area contributed by atoms with Gasteiger partial charge in [0.05, 0.1) is 11.4 Å². The lowest BCUT2D eigenvalue weighted by Gasteiger charge is -2.31. The van der Waals surface area contributed by atoms with Gasteiger partial charge in [-0.05, 0) is 125 Å². The van der Waals surface area contributed by atoms with Gasteiger partial charge >= 0.3 is 0 Å². The Hall–Kier alpha value is -3.27. The van der Waals surface area contributed by atoms with Crippen LogP contribution in [0.4, 0.5) is 4.39 Å². The Morgan fingerprint density at radius 3 is 1.88 bits per heavy atom. The van der Waals surface area contributed by atoms with Crippen LogP contribution in [0.25, 0.3) is 5.57 Å². The molecule has 2 rings (SSSR count). The van der Waals surface area contributed by atoms with E-state index in [0.29, 0.717) is 5.70 Å². The first kappa shape index (κ1) is 58.1. The minimum atomic E-state index is -0.564. The lowest BCUT2D eigenvalue weighted by atomic mass is 9.74. The standard InChI is InChI=1S/C32H43FN2O.C8H18.C7H14.C4H10.C2H6/c1-12-15-29(28(33)14-3)35-25(9)24(8)30(34-18-13-2)20-22(6)26-16-17-27(23(7)19-26)32(10,11)31(36)21(4)5;1-3-5-7-8-6-4-2;1-3-7-4-6(2)5-7;1-4(2)3;1-2/h12,14-21,35H,3,6,13H2,1-2,4-5,7-11H3;3-8H2,1-2H3;6-7H,3-5H2,1-2H3;4H,1-3H3;1-2H3/b15-12-,25-24+,29-28-,30-20+,34-18?;;;;. The molecule has 0 spiro atoms. The fraction of sp³-hybridized carbons (Fsp3) is 0.623. The Labute approximate surface area is 354 Å². The van der Waals surface area contributed by atoms with Crippen molar-refractivity contribution < 1.29 is 9.18 Å². The van der Waals surface area contributed by atoms with Crippen LogP contribution >= 0.6 is 0 Å². The van der Waals surface area contributed by atoms with Crippen molar-refractivity contribution in [2.24, 2.45) is 28.7 Å². The second-order valence-corrected chi connectivity index (χ2v) is 16.8. The molecule has 1 aliphatic carbocycles. The number of benzene rings is 1. The number of hydrogen-bond acceptors (Lipinski definition) is 3. The van der Waals surface area contributed by atoms with Gasteiger partial charge in [-0.25, -0.2) is 4.39 Å². The summed E-state index contributed by atoms with van der Waals surface area (Å²) in [6, 6.07) is 6.11. The van der Waals surface area contributed by atoms with Crippen molar-refractivity contribution in [3.8, 4) is 0 Å². The zero-order chi connectivity index (χ0) is 44.7. The number of aliphatic imine (C=N–C) groups is 1. The van der Waals surface area contributed by atoms with Crippen molar-refractivity contribution in [2.75, 3.05) is 0 Å². The number of aryl methyl sites for hydroxylation is 1. The van der Waals surface area contributed by atoms with E-state index in [1.165, 1.54) is 63.9 Å². The minimum absolute atomic E-state index is 0.0364. The third-order valence-electron chi connectivity index (χ3n) is 9.68. The summed E-state index contributed by atoms with van der Waals surface area (Å²) in [6.07, 6.45) is 22.1. The monoisotopic (exact) mass is 791 g/mol. The first-order valence-electron chi connectivity index (χ1n) is 22.5. The summed E-state index contributed by atoms with van der Waals surface area (Å²) < 4.78 is 14.2. The van der Waals surface area contributed by atoms with Crippen LogP contribution in [-0.2, 0) is 10.2 Å². The van der Waals surface area contributed by atoms with Gasteiger partial charge < -0.3 is 5.32 Å². The zero-order valence-corrected chi connectivity index (χ0v) is 40.6. The van der Waals surface area contributed by atoms with Gasteiger partial charge in [0.15, 0.2) is 0 Å². The number of ketones is 1. The molecule has 0 aromatic heterocycles. The summed E-state index contributed by atoms with van der Waals surface area (Å²) in [6.45, 7) is 45.0. The fourth-order valence-corrected chi connectivity index (χ4v) is 6.30. The molecule has 0 heterocycles. The molecule has 1 aliphatic rings. The van der Waals surface area contributed by atoms with Crippen molar-refractivity contribution >= 4 is 17.6 Å². The third-order valence-corrected chi connectivity index (χ3v) is 9.68. The lowest BCUT2D eigenvalue weighted by molar-refractivity contribution is -0.126. The Bertz CT molecular complexity index is 1420. The molecular formula is C53H91FN2O. The summed E-state index contributed by atoms with van der Waals surface area (Å²) in [7, 11) is 0. The molecule has 0 bridgehead atoms. The highest BCUT2D eigenvalue weighted by Gasteiger charge is 2.32. The molecule has 0 aliphatic heterocycles. The van der Waals surface area contributed by atoms with E-state index in [9.17, 15) is 9.18 Å². The highest BCUT2D eigenvalue weighted by Crippen LogP contribution is 2.35. The van der Waals surface area contributed by atoms with E-state index in [0.717, 1.165) is 63.4 Å². The average Bonchev–Trinajstić information content (AvgIpc) is 3.16. The molecule has 1 aromatic rings. The molecule has 1 fully saturated rings. The van der Waals surface area contributed by atoms with E-state index in [-0.39, 0.29) is 11.7 Å². The molecule has 4 heteroatoms. The smallest absolute Gasteiger partial charge is 0.146 e. The largest absolute Gasteiger partial charge is 0.356 e. The molecule has 0 atom stereocenters. The van der Waals surface area contributed by atoms with Crippen LogP contribution < -0.4 is 5.32 Å². The Balaban J connectivity index is -0.00000112. The predicted octanol–water partition coefficient (Wildman–Crippen LogP) is 17.2. The fourth-order valence-electron chi connectivity index (χ4n) is 6.30. The van der Waals surface area contributed by atoms with Gasteiger partial charge in [-0.3, -0.25) is 9.79 Å². The molecule has 0 radical (unpaired) electrons. The molecule has 0 amide bonds. The van der Waals surface area contributed by atoms with E-state index in [4.69, 9.17) is 0 Å². The molecular weight excluding hydrogens is 700 g/mol. The maximum atomic E-state index is 14.2. The van der Waals surface area contributed by atoms with Crippen LogP contribution in [0.3, 0.4) is 0 Å². The maximum Gasteiger partial charge on any atom is 0.146 e. The van der Waals surface area contributed by atoms with Crippen molar-refractivity contribution in [1.82, 2.24) is 5.32 Å². The van der Waals surface area contributed by atoms with Gasteiger partial charge in [0, 0.05) is 23.2 Å². The topological polar surface area (TPSA) is 41.5 Å². The molecule has 1 N–H and O–H groups in total. The van der Waals surface area contributed by atoms with Crippen LogP contribution in [0.5, 0.6) is 0 Å². The molecule has 0 unspecified atom stereocenters. The second-order valence-electron chi connectivity index (χ2n) is 16.8. The highest BCUT2D eigenvalue weighted by atomic mass is 19.1. The maximum absolute atomic E-state index is 14.2. The number of nitrogens with zero attached hydrogens (tertiary/aromatic N) is 1. The molecule has 57 heavy (non-hydrogen) atoms. The van der Waals surface area contributed by atoms with Crippen molar-refractivity contribution in [3.63, 3.8) is 0 Å². The molecule has 326 valence electrons. The summed E-state index contributed by atoms with van der Waals surface area (Å²) in [4.78, 5) is 17.5. The number of halogens is 1. The van der Waals surface area contributed by atoms with E-state index in [2.05, 4.69) is 78.0 Å². The Kier molecular flexibility index (Phi) is 34.3. The van der Waals surface area contributed by atoms with Crippen LogP contribution in [-0.4, -0.2) is 12.0 Å². The van der Waals surface area contributed by atoms with Crippen molar-refractivity contribution in [3.05, 3.63) is 101 Å². The zero-order valence-electron chi connectivity index (χ0n) is 40.6. The summed E-state index contributed by atoms with van der Waals surface area (Å²) in [5, 5.41) is 3.14. The van der Waals surface area contributed by atoms with Crippen LogP contribution in [0.1, 0.15) is 199 Å². The number of Topliss-reactive ketones (excluding diaryl/α,β-unsaturated/α-hetero) is 1. The number of carbonyl (C=O) groups is 1. The second kappa shape index (κ2) is 33.7. The van der Waals surface area contributed by atoms with Crippen LogP contribution in [0.15, 0.2) is 89.1 Å². The molecule has 1 aromatic carbocycles. The molecule has 1 saturated carbocycles. The summed E-state index contributed by atoms with van der Waals surface area (Å²) in [5.74, 6) is 2.73. The van der Waals surface area contributed by atoms with Gasteiger partial charge in [0.25, 0.3) is 0 Å². The number of rotatable bonds is 18. The van der Waals surface area contributed by atoms with Gasteiger partial charge in [-0.2, -0.15) is 0 Å². The van der Waals surface area contributed by atoms with E-state index in [1.807, 2.05) is 101 Å². The number of allylic oxidation sites excluding steroid dienone is 8. The number of hydrogen-bond donors (Lipinski definition) is 1. The third kappa shape index (κ3) is 25.0. The summed E-state index contributed by atoms with van der Waals surface area (Å²) in [5.41, 5.74) is 5.99. The van der Waals surface area contributed by atoms with Crippen LogP contribution in [0, 0.1) is 30.6 Å². The number of nitrogens with one attached hydrogen (secondary N) is 1. The van der Waals surface area contributed by atoms with E-state index in [1.54, 1.807) is 12.2 Å². The minimum Gasteiger partial charge on any atom is -0.356 e.